The molecule has 1 N–H and O–H groups in total. The van der Waals surface area contributed by atoms with Crippen molar-refractivity contribution in [3.05, 3.63) is 35.9 Å². The van der Waals surface area contributed by atoms with Crippen LogP contribution in [0.25, 0.3) is 0 Å². The summed E-state index contributed by atoms with van der Waals surface area (Å²) in [6, 6.07) is 9.95. The van der Waals surface area contributed by atoms with E-state index in [1.165, 1.54) is 0 Å². The van der Waals surface area contributed by atoms with Crippen molar-refractivity contribution in [2.24, 2.45) is 0 Å². The molecule has 0 saturated carbocycles. The van der Waals surface area contributed by atoms with Crippen LogP contribution in [0.15, 0.2) is 30.3 Å². The molecule has 1 fully saturated rings. The maximum absolute atomic E-state index is 12.7. The zero-order valence-electron chi connectivity index (χ0n) is 12.9. The second-order valence-corrected chi connectivity index (χ2v) is 5.54. The number of likely N-dealkylation sites (tertiary alicyclic amines) is 1. The maximum atomic E-state index is 12.7. The van der Waals surface area contributed by atoms with Crippen LogP contribution in [0.5, 0.6) is 0 Å². The summed E-state index contributed by atoms with van der Waals surface area (Å²) in [5.74, 6) is 0.257. The standard InChI is InChI=1S/C17H24N2O2/c1-3-15(20)19-12-10-17(11-13-19,16(21)18-4-2)14-8-6-5-7-9-14/h5-9H,3-4,10-13H2,1-2H3,(H,18,21). The van der Waals surface area contributed by atoms with Crippen LogP contribution in [0.2, 0.25) is 0 Å². The first-order chi connectivity index (χ1) is 10.1. The zero-order valence-corrected chi connectivity index (χ0v) is 12.9. The van der Waals surface area contributed by atoms with Gasteiger partial charge in [-0.2, -0.15) is 0 Å². The van der Waals surface area contributed by atoms with Crippen LogP contribution in [0.3, 0.4) is 0 Å². The lowest BCUT2D eigenvalue weighted by molar-refractivity contribution is -0.136. The van der Waals surface area contributed by atoms with E-state index in [0.29, 0.717) is 38.9 Å². The number of carbonyl (C=O) groups is 2. The number of piperidine rings is 1. The number of hydrogen-bond acceptors (Lipinski definition) is 2. The molecule has 0 spiro atoms. The lowest BCUT2D eigenvalue weighted by Crippen LogP contribution is -2.52. The van der Waals surface area contributed by atoms with E-state index in [4.69, 9.17) is 0 Å². The molecule has 1 aliphatic rings. The number of amides is 2. The quantitative estimate of drug-likeness (QED) is 0.922. The maximum Gasteiger partial charge on any atom is 0.230 e. The Kier molecular flexibility index (Phi) is 4.99. The van der Waals surface area contributed by atoms with Crippen LogP contribution >= 0.6 is 0 Å². The summed E-state index contributed by atoms with van der Waals surface area (Å²) in [6.45, 7) is 5.75. The third-order valence-corrected chi connectivity index (χ3v) is 4.37. The Morgan fingerprint density at radius 2 is 1.76 bits per heavy atom. The number of benzene rings is 1. The summed E-state index contributed by atoms with van der Waals surface area (Å²) in [5.41, 5.74) is 0.557. The molecule has 1 aromatic carbocycles. The molecule has 1 aromatic rings. The summed E-state index contributed by atoms with van der Waals surface area (Å²) >= 11 is 0. The molecule has 1 heterocycles. The van der Waals surface area contributed by atoms with Crippen LogP contribution in [0, 0.1) is 0 Å². The van der Waals surface area contributed by atoms with Gasteiger partial charge in [0.05, 0.1) is 5.41 Å². The minimum Gasteiger partial charge on any atom is -0.356 e. The predicted octanol–water partition coefficient (Wildman–Crippen LogP) is 2.09. The van der Waals surface area contributed by atoms with E-state index in [9.17, 15) is 9.59 Å². The van der Waals surface area contributed by atoms with Crippen molar-refractivity contribution in [2.75, 3.05) is 19.6 Å². The van der Waals surface area contributed by atoms with E-state index in [2.05, 4.69) is 5.32 Å². The summed E-state index contributed by atoms with van der Waals surface area (Å²) in [4.78, 5) is 26.4. The lowest BCUT2D eigenvalue weighted by Gasteiger charge is -2.41. The fraction of sp³-hybridized carbons (Fsp3) is 0.529. The Hall–Kier alpha value is -1.84. The number of nitrogens with zero attached hydrogens (tertiary/aromatic N) is 1. The van der Waals surface area contributed by atoms with Gasteiger partial charge >= 0.3 is 0 Å². The highest BCUT2D eigenvalue weighted by Crippen LogP contribution is 2.36. The molecular formula is C17H24N2O2. The normalized spacial score (nSPS) is 17.3. The van der Waals surface area contributed by atoms with E-state index in [1.54, 1.807) is 0 Å². The molecule has 0 radical (unpaired) electrons. The number of nitrogens with one attached hydrogen (secondary N) is 1. The van der Waals surface area contributed by atoms with Crippen LogP contribution in [0.1, 0.15) is 38.7 Å². The van der Waals surface area contributed by atoms with Crippen molar-refractivity contribution in [1.82, 2.24) is 10.2 Å². The molecule has 1 aliphatic heterocycles. The van der Waals surface area contributed by atoms with Gasteiger partial charge in [0.15, 0.2) is 0 Å². The largest absolute Gasteiger partial charge is 0.356 e. The van der Waals surface area contributed by atoms with E-state index < -0.39 is 5.41 Å². The average molecular weight is 288 g/mol. The molecule has 114 valence electrons. The Labute approximate surface area is 126 Å². The highest BCUT2D eigenvalue weighted by Gasteiger charge is 2.43. The van der Waals surface area contributed by atoms with E-state index in [0.717, 1.165) is 5.56 Å². The molecular weight excluding hydrogens is 264 g/mol. The predicted molar refractivity (Wildman–Crippen MR) is 82.9 cm³/mol. The zero-order chi connectivity index (χ0) is 15.3. The lowest BCUT2D eigenvalue weighted by atomic mass is 9.72. The average Bonchev–Trinajstić information content (AvgIpc) is 2.55. The summed E-state index contributed by atoms with van der Waals surface area (Å²) in [7, 11) is 0. The molecule has 2 amide bonds. The smallest absolute Gasteiger partial charge is 0.230 e. The van der Waals surface area contributed by atoms with Gasteiger partial charge in [-0.25, -0.2) is 0 Å². The van der Waals surface area contributed by atoms with Gasteiger partial charge in [-0.15, -0.1) is 0 Å². The van der Waals surface area contributed by atoms with Crippen molar-refractivity contribution in [3.63, 3.8) is 0 Å². The van der Waals surface area contributed by atoms with Gasteiger partial charge in [-0.1, -0.05) is 37.3 Å². The summed E-state index contributed by atoms with van der Waals surface area (Å²) in [6.07, 6.45) is 1.91. The van der Waals surface area contributed by atoms with Crippen LogP contribution < -0.4 is 5.32 Å². The van der Waals surface area contributed by atoms with Gasteiger partial charge in [-0.3, -0.25) is 9.59 Å². The molecule has 2 rings (SSSR count). The van der Waals surface area contributed by atoms with Gasteiger partial charge in [0, 0.05) is 26.1 Å². The third-order valence-electron chi connectivity index (χ3n) is 4.37. The first-order valence-corrected chi connectivity index (χ1v) is 7.75. The van der Waals surface area contributed by atoms with Crippen molar-refractivity contribution < 1.29 is 9.59 Å². The van der Waals surface area contributed by atoms with Gasteiger partial charge < -0.3 is 10.2 Å². The van der Waals surface area contributed by atoms with Crippen LogP contribution in [-0.4, -0.2) is 36.3 Å². The van der Waals surface area contributed by atoms with E-state index in [1.807, 2.05) is 49.1 Å². The topological polar surface area (TPSA) is 49.4 Å². The Bertz CT molecular complexity index is 491. The summed E-state index contributed by atoms with van der Waals surface area (Å²) in [5, 5.41) is 2.97. The first kappa shape index (κ1) is 15.5. The van der Waals surface area contributed by atoms with Gasteiger partial charge in [-0.05, 0) is 25.3 Å². The number of carbonyl (C=O) groups excluding carboxylic acids is 2. The third kappa shape index (κ3) is 3.09. The van der Waals surface area contributed by atoms with Gasteiger partial charge in [0.2, 0.25) is 11.8 Å². The molecule has 1 saturated heterocycles. The second kappa shape index (κ2) is 6.74. The van der Waals surface area contributed by atoms with Crippen molar-refractivity contribution in [3.8, 4) is 0 Å². The SMILES string of the molecule is CCNC(=O)C1(c2ccccc2)CCN(C(=O)CC)CC1. The van der Waals surface area contributed by atoms with Crippen molar-refractivity contribution >= 4 is 11.8 Å². The Morgan fingerprint density at radius 3 is 2.29 bits per heavy atom. The number of likely N-dealkylation sites (N-methyl/N-ethyl adjacent to an activating group) is 1. The number of hydrogen-bond donors (Lipinski definition) is 1. The molecule has 0 aliphatic carbocycles. The fourth-order valence-electron chi connectivity index (χ4n) is 3.10. The molecule has 0 bridgehead atoms. The molecule has 0 aromatic heterocycles. The van der Waals surface area contributed by atoms with Crippen LogP contribution in [0.4, 0.5) is 0 Å². The molecule has 21 heavy (non-hydrogen) atoms. The van der Waals surface area contributed by atoms with Gasteiger partial charge in [0.25, 0.3) is 0 Å². The fourth-order valence-corrected chi connectivity index (χ4v) is 3.10. The number of rotatable bonds is 4. The minimum absolute atomic E-state index is 0.0831. The first-order valence-electron chi connectivity index (χ1n) is 7.75. The van der Waals surface area contributed by atoms with Gasteiger partial charge in [0.1, 0.15) is 0 Å². The molecule has 0 atom stereocenters. The molecule has 4 nitrogen and oxygen atoms in total. The minimum atomic E-state index is -0.498. The van der Waals surface area contributed by atoms with E-state index in [-0.39, 0.29) is 11.8 Å². The molecule has 4 heteroatoms. The highest BCUT2D eigenvalue weighted by atomic mass is 16.2. The Morgan fingerprint density at radius 1 is 1.14 bits per heavy atom. The van der Waals surface area contributed by atoms with Crippen LogP contribution in [-0.2, 0) is 15.0 Å². The Balaban J connectivity index is 2.24. The second-order valence-electron chi connectivity index (χ2n) is 5.54. The summed E-state index contributed by atoms with van der Waals surface area (Å²) < 4.78 is 0. The highest BCUT2D eigenvalue weighted by molar-refractivity contribution is 5.88. The van der Waals surface area contributed by atoms with E-state index >= 15 is 0 Å². The van der Waals surface area contributed by atoms with Crippen molar-refractivity contribution in [1.29, 1.82) is 0 Å². The molecule has 0 unspecified atom stereocenters. The monoisotopic (exact) mass is 288 g/mol. The van der Waals surface area contributed by atoms with Crippen molar-refractivity contribution in [2.45, 2.75) is 38.5 Å².